The zero-order valence-corrected chi connectivity index (χ0v) is 19.8. The van der Waals surface area contributed by atoms with Gasteiger partial charge in [0.15, 0.2) is 0 Å². The first-order valence-electron chi connectivity index (χ1n) is 11.5. The van der Waals surface area contributed by atoms with E-state index in [0.29, 0.717) is 12.3 Å². The number of hydrazone groups is 1. The molecule has 1 amide bonds. The molecule has 0 saturated heterocycles. The van der Waals surface area contributed by atoms with Crippen molar-refractivity contribution in [3.8, 4) is 0 Å². The maximum atomic E-state index is 12.5. The van der Waals surface area contributed by atoms with Gasteiger partial charge in [0, 0.05) is 17.8 Å². The zero-order chi connectivity index (χ0) is 22.9. The molecule has 1 atom stereocenters. The van der Waals surface area contributed by atoms with Crippen molar-refractivity contribution in [3.63, 3.8) is 0 Å². The Bertz CT molecular complexity index is 1170. The van der Waals surface area contributed by atoms with Crippen molar-refractivity contribution >= 4 is 28.6 Å². The number of fused-ring (bicyclic) bond motifs is 2. The Hall–Kier alpha value is -3.14. The number of amides is 1. The number of nitrogens with zero attached hydrogens (tertiary/aromatic N) is 2. The van der Waals surface area contributed by atoms with Gasteiger partial charge in [-0.2, -0.15) is 5.10 Å². The average molecular weight is 428 g/mol. The Morgan fingerprint density at radius 2 is 1.94 bits per heavy atom. The van der Waals surface area contributed by atoms with E-state index in [2.05, 4.69) is 80.4 Å². The predicted octanol–water partition coefficient (Wildman–Crippen LogP) is 5.95. The maximum Gasteiger partial charge on any atom is 0.244 e. The molecule has 32 heavy (non-hydrogen) atoms. The lowest BCUT2D eigenvalue weighted by Gasteiger charge is -2.47. The number of aryl methyl sites for hydroxylation is 1. The normalized spacial score (nSPS) is 17.5. The van der Waals surface area contributed by atoms with Crippen molar-refractivity contribution in [2.75, 3.05) is 11.4 Å². The summed E-state index contributed by atoms with van der Waals surface area (Å²) in [6, 6.07) is 18.7. The summed E-state index contributed by atoms with van der Waals surface area (Å²) in [6.45, 7) is 12.3. The second kappa shape index (κ2) is 8.78. The molecule has 166 valence electrons. The van der Waals surface area contributed by atoms with Gasteiger partial charge in [-0.1, -0.05) is 49.4 Å². The molecule has 1 unspecified atom stereocenters. The highest BCUT2D eigenvalue weighted by Crippen LogP contribution is 2.44. The van der Waals surface area contributed by atoms with Crippen LogP contribution in [0.3, 0.4) is 0 Å². The van der Waals surface area contributed by atoms with Crippen LogP contribution in [0.5, 0.6) is 0 Å². The average Bonchev–Trinajstić information content (AvgIpc) is 2.74. The van der Waals surface area contributed by atoms with E-state index in [1.165, 1.54) is 16.8 Å². The molecule has 3 aromatic rings. The van der Waals surface area contributed by atoms with Crippen molar-refractivity contribution < 1.29 is 4.79 Å². The van der Waals surface area contributed by atoms with E-state index in [9.17, 15) is 4.79 Å². The van der Waals surface area contributed by atoms with Crippen LogP contribution in [0.15, 0.2) is 59.7 Å². The van der Waals surface area contributed by atoms with Crippen LogP contribution >= 0.6 is 0 Å². The van der Waals surface area contributed by atoms with Crippen molar-refractivity contribution in [1.29, 1.82) is 0 Å². The second-order valence-electron chi connectivity index (χ2n) is 9.54. The van der Waals surface area contributed by atoms with E-state index in [1.807, 2.05) is 24.3 Å². The molecule has 0 bridgehead atoms. The smallest absolute Gasteiger partial charge is 0.244 e. The highest BCUT2D eigenvalue weighted by Gasteiger charge is 2.35. The Morgan fingerprint density at radius 3 is 2.72 bits per heavy atom. The summed E-state index contributed by atoms with van der Waals surface area (Å²) in [5.41, 5.74) is 8.78. The number of hydrogen-bond donors (Lipinski definition) is 1. The third-order valence-corrected chi connectivity index (χ3v) is 6.71. The number of carbonyl (C=O) groups excluding carboxylic acids is 1. The Morgan fingerprint density at radius 1 is 1.19 bits per heavy atom. The molecule has 4 nitrogen and oxygen atoms in total. The SMILES string of the molecule is CCN1c2cc(C)c(/C=N/NC(=O)Cc3cccc4ccccc34)cc2C(C)CC1(C)C. The number of carbonyl (C=O) groups is 1. The Kier molecular flexibility index (Phi) is 6.05. The molecular weight excluding hydrogens is 394 g/mol. The molecule has 1 N–H and O–H groups in total. The predicted molar refractivity (Wildman–Crippen MR) is 135 cm³/mol. The number of benzene rings is 3. The molecule has 0 spiro atoms. The van der Waals surface area contributed by atoms with Gasteiger partial charge in [0.25, 0.3) is 0 Å². The quantitative estimate of drug-likeness (QED) is 0.404. The van der Waals surface area contributed by atoms with Gasteiger partial charge in [0.2, 0.25) is 5.91 Å². The molecule has 0 aliphatic carbocycles. The van der Waals surface area contributed by atoms with Gasteiger partial charge in [0.1, 0.15) is 0 Å². The standard InChI is InChI=1S/C28H33N3O/c1-6-31-26-14-19(2)23(15-25(26)20(3)17-28(31,4)5)18-29-30-27(32)16-22-12-9-11-21-10-7-8-13-24(21)22/h7-15,18,20H,6,16-17H2,1-5H3,(H,30,32)/b29-18+. The van der Waals surface area contributed by atoms with Crippen LogP contribution < -0.4 is 10.3 Å². The molecule has 0 radical (unpaired) electrons. The molecule has 0 fully saturated rings. The lowest BCUT2D eigenvalue weighted by Crippen LogP contribution is -2.48. The van der Waals surface area contributed by atoms with Crippen molar-refractivity contribution in [1.82, 2.24) is 5.43 Å². The van der Waals surface area contributed by atoms with Crippen LogP contribution in [0.4, 0.5) is 5.69 Å². The van der Waals surface area contributed by atoms with Gasteiger partial charge in [0.05, 0.1) is 12.6 Å². The van der Waals surface area contributed by atoms with Crippen LogP contribution in [-0.4, -0.2) is 24.2 Å². The first-order valence-corrected chi connectivity index (χ1v) is 11.5. The van der Waals surface area contributed by atoms with E-state index in [1.54, 1.807) is 6.21 Å². The first-order chi connectivity index (χ1) is 15.3. The molecule has 0 saturated carbocycles. The summed E-state index contributed by atoms with van der Waals surface area (Å²) in [7, 11) is 0. The number of nitrogens with one attached hydrogen (secondary N) is 1. The Labute approximate surface area is 191 Å². The van der Waals surface area contributed by atoms with Crippen LogP contribution in [-0.2, 0) is 11.2 Å². The molecular formula is C28H33N3O. The summed E-state index contributed by atoms with van der Waals surface area (Å²) in [4.78, 5) is 15.0. The van der Waals surface area contributed by atoms with Crippen LogP contribution in [0.1, 0.15) is 62.3 Å². The molecule has 1 heterocycles. The third-order valence-electron chi connectivity index (χ3n) is 6.71. The van der Waals surface area contributed by atoms with Crippen molar-refractivity contribution in [2.45, 2.75) is 58.9 Å². The van der Waals surface area contributed by atoms with E-state index >= 15 is 0 Å². The molecule has 0 aromatic heterocycles. The van der Waals surface area contributed by atoms with Crippen molar-refractivity contribution in [3.05, 3.63) is 76.9 Å². The largest absolute Gasteiger partial charge is 0.366 e. The van der Waals surface area contributed by atoms with Gasteiger partial charge in [-0.3, -0.25) is 4.79 Å². The molecule has 4 heteroatoms. The van der Waals surface area contributed by atoms with Gasteiger partial charge in [-0.25, -0.2) is 5.43 Å². The Balaban J connectivity index is 1.50. The number of hydrogen-bond acceptors (Lipinski definition) is 3. The molecule has 1 aliphatic heterocycles. The second-order valence-corrected chi connectivity index (χ2v) is 9.54. The topological polar surface area (TPSA) is 44.7 Å². The van der Waals surface area contributed by atoms with Crippen LogP contribution in [0.25, 0.3) is 10.8 Å². The van der Waals surface area contributed by atoms with E-state index < -0.39 is 0 Å². The fourth-order valence-corrected chi connectivity index (χ4v) is 5.22. The van der Waals surface area contributed by atoms with E-state index in [0.717, 1.165) is 34.9 Å². The minimum atomic E-state index is -0.111. The van der Waals surface area contributed by atoms with Crippen LogP contribution in [0, 0.1) is 6.92 Å². The number of rotatable bonds is 5. The van der Waals surface area contributed by atoms with Gasteiger partial charge in [-0.05, 0) is 85.2 Å². The summed E-state index contributed by atoms with van der Waals surface area (Å²) < 4.78 is 0. The van der Waals surface area contributed by atoms with Crippen molar-refractivity contribution in [2.24, 2.45) is 5.10 Å². The molecule has 1 aliphatic rings. The van der Waals surface area contributed by atoms with Gasteiger partial charge < -0.3 is 4.90 Å². The lowest BCUT2D eigenvalue weighted by molar-refractivity contribution is -0.120. The highest BCUT2D eigenvalue weighted by molar-refractivity contribution is 5.91. The van der Waals surface area contributed by atoms with E-state index in [-0.39, 0.29) is 11.4 Å². The van der Waals surface area contributed by atoms with Crippen LogP contribution in [0.2, 0.25) is 0 Å². The van der Waals surface area contributed by atoms with E-state index in [4.69, 9.17) is 0 Å². The lowest BCUT2D eigenvalue weighted by atomic mass is 9.79. The summed E-state index contributed by atoms with van der Waals surface area (Å²) >= 11 is 0. The fraction of sp³-hybridized carbons (Fsp3) is 0.357. The maximum absolute atomic E-state index is 12.5. The number of anilines is 1. The fourth-order valence-electron chi connectivity index (χ4n) is 5.22. The molecule has 3 aromatic carbocycles. The monoisotopic (exact) mass is 427 g/mol. The minimum absolute atomic E-state index is 0.111. The van der Waals surface area contributed by atoms with Gasteiger partial charge in [-0.15, -0.1) is 0 Å². The van der Waals surface area contributed by atoms with Gasteiger partial charge >= 0.3 is 0 Å². The summed E-state index contributed by atoms with van der Waals surface area (Å²) in [5, 5.41) is 6.53. The minimum Gasteiger partial charge on any atom is -0.366 e. The third kappa shape index (κ3) is 4.27. The molecule has 4 rings (SSSR count). The summed E-state index contributed by atoms with van der Waals surface area (Å²) in [6.07, 6.45) is 3.20. The summed E-state index contributed by atoms with van der Waals surface area (Å²) in [5.74, 6) is 0.372. The highest BCUT2D eigenvalue weighted by atomic mass is 16.2. The zero-order valence-electron chi connectivity index (χ0n) is 19.8. The first kappa shape index (κ1) is 22.1.